The second-order valence-electron chi connectivity index (χ2n) is 4.26. The Hall–Kier alpha value is -2.73. The molecule has 3 N–H and O–H groups in total. The van der Waals surface area contributed by atoms with Crippen LogP contribution in [0.4, 0.5) is 11.6 Å². The van der Waals surface area contributed by atoms with Crippen molar-refractivity contribution in [3.05, 3.63) is 48.0 Å². The lowest BCUT2D eigenvalue weighted by Crippen LogP contribution is -1.81. The average molecular weight is 268 g/mol. The van der Waals surface area contributed by atoms with E-state index in [0.717, 1.165) is 11.0 Å². The number of H-pyrrole nitrogens is 1. The predicted molar refractivity (Wildman–Crippen MR) is 74.3 cm³/mol. The lowest BCUT2D eigenvalue weighted by molar-refractivity contribution is 0.281. The van der Waals surface area contributed by atoms with Crippen molar-refractivity contribution in [2.24, 2.45) is 10.2 Å². The Balaban J connectivity index is 1.93. The van der Waals surface area contributed by atoms with Gasteiger partial charge in [-0.3, -0.25) is 0 Å². The van der Waals surface area contributed by atoms with Gasteiger partial charge >= 0.3 is 0 Å². The number of para-hydroxylation sites is 2. The zero-order valence-corrected chi connectivity index (χ0v) is 10.5. The predicted octanol–water partition coefficient (Wildman–Crippen LogP) is 3.18. The number of aromatic hydroxyl groups is 1. The lowest BCUT2D eigenvalue weighted by Gasteiger charge is -1.99. The molecular formula is C14H12N4O2. The number of rotatable bonds is 3. The van der Waals surface area contributed by atoms with E-state index in [-0.39, 0.29) is 18.0 Å². The number of benzene rings is 2. The Bertz CT molecular complexity index is 747. The second-order valence-corrected chi connectivity index (χ2v) is 4.26. The van der Waals surface area contributed by atoms with E-state index in [1.807, 2.05) is 24.3 Å². The third kappa shape index (κ3) is 2.36. The van der Waals surface area contributed by atoms with E-state index >= 15 is 0 Å². The van der Waals surface area contributed by atoms with Crippen molar-refractivity contribution in [2.75, 3.05) is 0 Å². The van der Waals surface area contributed by atoms with E-state index in [2.05, 4.69) is 20.2 Å². The topological polar surface area (TPSA) is 93.9 Å². The fourth-order valence-corrected chi connectivity index (χ4v) is 1.84. The van der Waals surface area contributed by atoms with Gasteiger partial charge in [0.2, 0.25) is 5.95 Å². The number of hydrogen-bond donors (Lipinski definition) is 3. The number of phenols is 1. The van der Waals surface area contributed by atoms with Crippen LogP contribution in [-0.2, 0) is 6.61 Å². The van der Waals surface area contributed by atoms with E-state index in [0.29, 0.717) is 11.5 Å². The van der Waals surface area contributed by atoms with Crippen LogP contribution >= 0.6 is 0 Å². The maximum atomic E-state index is 9.68. The molecule has 0 amide bonds. The molecule has 0 spiro atoms. The molecule has 0 saturated heterocycles. The van der Waals surface area contributed by atoms with Crippen molar-refractivity contribution in [1.82, 2.24) is 9.97 Å². The number of hydrogen-bond acceptors (Lipinski definition) is 5. The van der Waals surface area contributed by atoms with Gasteiger partial charge in [0.1, 0.15) is 11.4 Å². The first-order valence-corrected chi connectivity index (χ1v) is 6.05. The van der Waals surface area contributed by atoms with Crippen LogP contribution in [0.5, 0.6) is 5.75 Å². The van der Waals surface area contributed by atoms with Crippen molar-refractivity contribution in [3.63, 3.8) is 0 Å². The number of azo groups is 1. The standard InChI is InChI=1S/C14H12N4O2/c19-8-9-5-6-13(20)12(7-9)17-18-14-15-10-3-1-2-4-11(10)16-14/h1-7,19-20H,8H2,(H,15,16). The minimum Gasteiger partial charge on any atom is -0.506 e. The highest BCUT2D eigenvalue weighted by atomic mass is 16.3. The monoisotopic (exact) mass is 268 g/mol. The first kappa shape index (κ1) is 12.3. The van der Waals surface area contributed by atoms with E-state index in [4.69, 9.17) is 5.11 Å². The third-order valence-corrected chi connectivity index (χ3v) is 2.85. The van der Waals surface area contributed by atoms with Crippen molar-refractivity contribution in [3.8, 4) is 5.75 Å². The molecule has 3 rings (SSSR count). The molecule has 2 aromatic carbocycles. The third-order valence-electron chi connectivity index (χ3n) is 2.85. The van der Waals surface area contributed by atoms with Gasteiger partial charge in [-0.1, -0.05) is 18.2 Å². The fraction of sp³-hybridized carbons (Fsp3) is 0.0714. The Kier molecular flexibility index (Phi) is 3.14. The summed E-state index contributed by atoms with van der Waals surface area (Å²) in [5, 5.41) is 26.7. The number of nitrogens with one attached hydrogen (secondary N) is 1. The number of fused-ring (bicyclic) bond motifs is 1. The highest BCUT2D eigenvalue weighted by molar-refractivity contribution is 5.76. The van der Waals surface area contributed by atoms with Gasteiger partial charge in [0, 0.05) is 0 Å². The maximum Gasteiger partial charge on any atom is 0.247 e. The number of aliphatic hydroxyl groups excluding tert-OH is 1. The van der Waals surface area contributed by atoms with Crippen LogP contribution in [0.15, 0.2) is 52.7 Å². The molecule has 1 aromatic heterocycles. The van der Waals surface area contributed by atoms with Gasteiger partial charge in [-0.2, -0.15) is 0 Å². The SMILES string of the molecule is OCc1ccc(O)c(N=Nc2nc3ccccc3[nH]2)c1. The van der Waals surface area contributed by atoms with Crippen LogP contribution in [0.1, 0.15) is 5.56 Å². The summed E-state index contributed by atoms with van der Waals surface area (Å²) >= 11 is 0. The van der Waals surface area contributed by atoms with Crippen LogP contribution in [0, 0.1) is 0 Å². The largest absolute Gasteiger partial charge is 0.506 e. The van der Waals surface area contributed by atoms with Crippen molar-refractivity contribution >= 4 is 22.7 Å². The zero-order chi connectivity index (χ0) is 13.9. The number of imidazole rings is 1. The summed E-state index contributed by atoms with van der Waals surface area (Å²) in [4.78, 5) is 7.26. The Morgan fingerprint density at radius 1 is 1.10 bits per heavy atom. The summed E-state index contributed by atoms with van der Waals surface area (Å²) in [5.74, 6) is 0.363. The summed E-state index contributed by atoms with van der Waals surface area (Å²) in [5.41, 5.74) is 2.61. The molecule has 0 fully saturated rings. The first-order valence-electron chi connectivity index (χ1n) is 6.05. The number of nitrogens with zero attached hydrogens (tertiary/aromatic N) is 3. The maximum absolute atomic E-state index is 9.68. The Morgan fingerprint density at radius 3 is 2.75 bits per heavy atom. The molecule has 0 atom stereocenters. The van der Waals surface area contributed by atoms with E-state index in [9.17, 15) is 5.11 Å². The van der Waals surface area contributed by atoms with E-state index < -0.39 is 0 Å². The number of aromatic nitrogens is 2. The molecule has 0 bridgehead atoms. The van der Waals surface area contributed by atoms with E-state index in [1.54, 1.807) is 12.1 Å². The first-order chi connectivity index (χ1) is 9.76. The van der Waals surface area contributed by atoms with E-state index in [1.165, 1.54) is 6.07 Å². The van der Waals surface area contributed by atoms with Crippen LogP contribution in [0.3, 0.4) is 0 Å². The smallest absolute Gasteiger partial charge is 0.247 e. The summed E-state index contributed by atoms with van der Waals surface area (Å²) in [6.07, 6.45) is 0. The van der Waals surface area contributed by atoms with Gasteiger partial charge in [0.15, 0.2) is 0 Å². The molecule has 6 nitrogen and oxygen atoms in total. The lowest BCUT2D eigenvalue weighted by atomic mass is 10.2. The molecule has 0 aliphatic heterocycles. The minimum atomic E-state index is -0.118. The minimum absolute atomic E-state index is 0.00191. The molecule has 0 unspecified atom stereocenters. The van der Waals surface area contributed by atoms with Gasteiger partial charge in [-0.05, 0) is 29.8 Å². The molecule has 20 heavy (non-hydrogen) atoms. The molecule has 0 radical (unpaired) electrons. The summed E-state index contributed by atoms with van der Waals surface area (Å²) in [6.45, 7) is -0.118. The van der Waals surface area contributed by atoms with Crippen molar-refractivity contribution in [1.29, 1.82) is 0 Å². The van der Waals surface area contributed by atoms with Crippen LogP contribution in [0.25, 0.3) is 11.0 Å². The van der Waals surface area contributed by atoms with Gasteiger partial charge in [0.05, 0.1) is 17.6 Å². The number of aromatic amines is 1. The van der Waals surface area contributed by atoms with Crippen LogP contribution in [0.2, 0.25) is 0 Å². The van der Waals surface area contributed by atoms with Gasteiger partial charge in [-0.15, -0.1) is 10.2 Å². The van der Waals surface area contributed by atoms with Crippen LogP contribution < -0.4 is 0 Å². The number of aliphatic hydroxyl groups is 1. The molecular weight excluding hydrogens is 256 g/mol. The van der Waals surface area contributed by atoms with Crippen molar-refractivity contribution < 1.29 is 10.2 Å². The Morgan fingerprint density at radius 2 is 1.95 bits per heavy atom. The highest BCUT2D eigenvalue weighted by Gasteiger charge is 2.03. The zero-order valence-electron chi connectivity index (χ0n) is 10.5. The Labute approximate surface area is 114 Å². The van der Waals surface area contributed by atoms with Gasteiger partial charge in [0.25, 0.3) is 0 Å². The fourth-order valence-electron chi connectivity index (χ4n) is 1.84. The average Bonchev–Trinajstić information content (AvgIpc) is 2.89. The van der Waals surface area contributed by atoms with Crippen LogP contribution in [-0.4, -0.2) is 20.2 Å². The van der Waals surface area contributed by atoms with Gasteiger partial charge < -0.3 is 15.2 Å². The quantitative estimate of drug-likeness (QED) is 0.637. The number of phenolic OH excluding ortho intramolecular Hbond substituents is 1. The molecule has 6 heteroatoms. The molecule has 0 aliphatic rings. The molecule has 0 saturated carbocycles. The second kappa shape index (κ2) is 5.10. The van der Waals surface area contributed by atoms with Gasteiger partial charge in [-0.25, -0.2) is 4.98 Å². The molecule has 1 heterocycles. The highest BCUT2D eigenvalue weighted by Crippen LogP contribution is 2.29. The molecule has 100 valence electrons. The molecule has 0 aliphatic carbocycles. The normalized spacial score (nSPS) is 11.4. The summed E-state index contributed by atoms with van der Waals surface area (Å²) in [6, 6.07) is 12.2. The summed E-state index contributed by atoms with van der Waals surface area (Å²) in [7, 11) is 0. The summed E-state index contributed by atoms with van der Waals surface area (Å²) < 4.78 is 0. The van der Waals surface area contributed by atoms with Crippen molar-refractivity contribution in [2.45, 2.75) is 6.61 Å². The molecule has 3 aromatic rings.